The van der Waals surface area contributed by atoms with Crippen molar-refractivity contribution in [1.82, 2.24) is 9.97 Å². The van der Waals surface area contributed by atoms with Crippen LogP contribution in [0.5, 0.6) is 0 Å². The van der Waals surface area contributed by atoms with Crippen LogP contribution < -0.4 is 10.2 Å². The summed E-state index contributed by atoms with van der Waals surface area (Å²) in [4.78, 5) is 13.0. The van der Waals surface area contributed by atoms with Crippen LogP contribution in [-0.4, -0.2) is 30.6 Å². The van der Waals surface area contributed by atoms with Crippen LogP contribution in [0.4, 0.5) is 11.6 Å². The zero-order valence-electron chi connectivity index (χ0n) is 13.3. The molecule has 0 unspecified atom stereocenters. The number of hydrogen-bond acceptors (Lipinski definition) is 5. The number of nitrogens with one attached hydrogen (secondary N) is 1. The van der Waals surface area contributed by atoms with Gasteiger partial charge in [0.15, 0.2) is 0 Å². The van der Waals surface area contributed by atoms with Crippen LogP contribution in [0.1, 0.15) is 29.6 Å². The van der Waals surface area contributed by atoms with Crippen LogP contribution in [0.15, 0.2) is 17.5 Å². The second kappa shape index (κ2) is 7.41. The number of likely N-dealkylation sites (N-methyl/N-ethyl adjacent to an activating group) is 1. The number of aromatic nitrogens is 2. The summed E-state index contributed by atoms with van der Waals surface area (Å²) >= 11 is 1.81. The van der Waals surface area contributed by atoms with Crippen molar-refractivity contribution in [2.45, 2.75) is 33.1 Å². The number of hydrogen-bond donors (Lipinski definition) is 1. The molecule has 2 aromatic heterocycles. The van der Waals surface area contributed by atoms with Crippen LogP contribution in [0.3, 0.4) is 0 Å². The Morgan fingerprint density at radius 2 is 2.10 bits per heavy atom. The van der Waals surface area contributed by atoms with Crippen molar-refractivity contribution in [1.29, 1.82) is 0 Å². The van der Waals surface area contributed by atoms with E-state index in [2.05, 4.69) is 53.6 Å². The standard InChI is InChI=1S/C16H24N4S/c1-5-7-14-18-15(17-3)12(2)16(19-14)20(4)10-9-13-8-6-11-21-13/h6,8,11H,5,7,9-10H2,1-4H3,(H,17,18,19). The molecule has 2 heterocycles. The molecule has 0 fully saturated rings. The van der Waals surface area contributed by atoms with E-state index in [1.807, 2.05) is 18.4 Å². The quantitative estimate of drug-likeness (QED) is 0.850. The Hall–Kier alpha value is -1.62. The largest absolute Gasteiger partial charge is 0.373 e. The first-order chi connectivity index (χ1) is 10.2. The molecule has 0 aliphatic heterocycles. The molecule has 0 aliphatic carbocycles. The van der Waals surface area contributed by atoms with E-state index in [0.29, 0.717) is 0 Å². The third-order valence-electron chi connectivity index (χ3n) is 3.51. The Morgan fingerprint density at radius 1 is 1.29 bits per heavy atom. The zero-order valence-corrected chi connectivity index (χ0v) is 14.1. The smallest absolute Gasteiger partial charge is 0.137 e. The van der Waals surface area contributed by atoms with Gasteiger partial charge < -0.3 is 10.2 Å². The van der Waals surface area contributed by atoms with E-state index in [1.54, 1.807) is 0 Å². The molecule has 0 aliphatic rings. The van der Waals surface area contributed by atoms with Gasteiger partial charge >= 0.3 is 0 Å². The van der Waals surface area contributed by atoms with Gasteiger partial charge in [0.25, 0.3) is 0 Å². The highest BCUT2D eigenvalue weighted by Crippen LogP contribution is 2.23. The molecule has 2 aromatic rings. The third kappa shape index (κ3) is 3.94. The van der Waals surface area contributed by atoms with E-state index in [1.165, 1.54) is 4.88 Å². The lowest BCUT2D eigenvalue weighted by Gasteiger charge is -2.22. The normalized spacial score (nSPS) is 10.7. The first-order valence-electron chi connectivity index (χ1n) is 7.44. The summed E-state index contributed by atoms with van der Waals surface area (Å²) in [7, 11) is 4.03. The van der Waals surface area contributed by atoms with Crippen LogP contribution in [0.25, 0.3) is 0 Å². The lowest BCUT2D eigenvalue weighted by Crippen LogP contribution is -2.23. The Morgan fingerprint density at radius 3 is 2.71 bits per heavy atom. The van der Waals surface area contributed by atoms with Gasteiger partial charge in [-0.1, -0.05) is 13.0 Å². The monoisotopic (exact) mass is 304 g/mol. The maximum absolute atomic E-state index is 4.75. The molecule has 5 heteroatoms. The Balaban J connectivity index is 2.17. The second-order valence-corrected chi connectivity index (χ2v) is 6.22. The zero-order chi connectivity index (χ0) is 15.2. The molecule has 0 saturated carbocycles. The molecular formula is C16H24N4S. The summed E-state index contributed by atoms with van der Waals surface area (Å²) in [5, 5.41) is 5.31. The average molecular weight is 304 g/mol. The van der Waals surface area contributed by atoms with Crippen molar-refractivity contribution in [2.24, 2.45) is 0 Å². The van der Waals surface area contributed by atoms with Crippen molar-refractivity contribution >= 4 is 23.0 Å². The number of nitrogens with zero attached hydrogens (tertiary/aromatic N) is 3. The first kappa shape index (κ1) is 15.8. The summed E-state index contributed by atoms with van der Waals surface area (Å²) in [6.45, 7) is 5.20. The molecule has 2 rings (SSSR count). The average Bonchev–Trinajstić information content (AvgIpc) is 3.00. The van der Waals surface area contributed by atoms with Gasteiger partial charge in [-0.25, -0.2) is 9.97 Å². The Kier molecular flexibility index (Phi) is 5.56. The minimum Gasteiger partial charge on any atom is -0.373 e. The highest BCUT2D eigenvalue weighted by molar-refractivity contribution is 7.09. The number of aryl methyl sites for hydroxylation is 1. The second-order valence-electron chi connectivity index (χ2n) is 5.19. The maximum atomic E-state index is 4.75. The number of anilines is 2. The molecule has 4 nitrogen and oxygen atoms in total. The highest BCUT2D eigenvalue weighted by Gasteiger charge is 2.13. The first-order valence-corrected chi connectivity index (χ1v) is 8.32. The van der Waals surface area contributed by atoms with E-state index in [9.17, 15) is 0 Å². The summed E-state index contributed by atoms with van der Waals surface area (Å²) in [6.07, 6.45) is 3.03. The van der Waals surface area contributed by atoms with Crippen LogP contribution >= 0.6 is 11.3 Å². The predicted molar refractivity (Wildman–Crippen MR) is 91.6 cm³/mol. The summed E-state index contributed by atoms with van der Waals surface area (Å²) < 4.78 is 0. The molecule has 114 valence electrons. The van der Waals surface area contributed by atoms with Crippen molar-refractivity contribution in [3.05, 3.63) is 33.8 Å². The van der Waals surface area contributed by atoms with Crippen molar-refractivity contribution in [3.63, 3.8) is 0 Å². The highest BCUT2D eigenvalue weighted by atomic mass is 32.1. The molecule has 0 aromatic carbocycles. The Labute approximate surface area is 131 Å². The fourth-order valence-corrected chi connectivity index (χ4v) is 3.04. The maximum Gasteiger partial charge on any atom is 0.137 e. The van der Waals surface area contributed by atoms with Gasteiger partial charge in [-0.05, 0) is 31.2 Å². The molecular weight excluding hydrogens is 280 g/mol. The van der Waals surface area contributed by atoms with Crippen LogP contribution in [0, 0.1) is 6.92 Å². The SMILES string of the molecule is CCCc1nc(NC)c(C)c(N(C)CCc2cccs2)n1. The minimum atomic E-state index is 0.917. The van der Waals surface area contributed by atoms with Crippen molar-refractivity contribution in [3.8, 4) is 0 Å². The van der Waals surface area contributed by atoms with Gasteiger partial charge in [-0.2, -0.15) is 0 Å². The van der Waals surface area contributed by atoms with Gasteiger partial charge in [-0.3, -0.25) is 0 Å². The Bertz CT molecular complexity index is 566. The fourth-order valence-electron chi connectivity index (χ4n) is 2.34. The summed E-state index contributed by atoms with van der Waals surface area (Å²) in [5.74, 6) is 2.89. The van der Waals surface area contributed by atoms with E-state index < -0.39 is 0 Å². The fraction of sp³-hybridized carbons (Fsp3) is 0.500. The van der Waals surface area contributed by atoms with E-state index >= 15 is 0 Å². The van der Waals surface area contributed by atoms with Crippen LogP contribution in [0.2, 0.25) is 0 Å². The molecule has 0 atom stereocenters. The predicted octanol–water partition coefficient (Wildman–Crippen LogP) is 3.52. The van der Waals surface area contributed by atoms with Gasteiger partial charge in [0, 0.05) is 37.5 Å². The van der Waals surface area contributed by atoms with Gasteiger partial charge in [-0.15, -0.1) is 11.3 Å². The summed E-state index contributed by atoms with van der Waals surface area (Å²) in [6, 6.07) is 4.29. The molecule has 1 N–H and O–H groups in total. The van der Waals surface area contributed by atoms with E-state index in [-0.39, 0.29) is 0 Å². The van der Waals surface area contributed by atoms with Gasteiger partial charge in [0.05, 0.1) is 0 Å². The van der Waals surface area contributed by atoms with Gasteiger partial charge in [0.1, 0.15) is 17.5 Å². The van der Waals surface area contributed by atoms with E-state index in [0.717, 1.165) is 48.8 Å². The molecule has 0 bridgehead atoms. The third-order valence-corrected chi connectivity index (χ3v) is 4.45. The molecule has 0 saturated heterocycles. The van der Waals surface area contributed by atoms with Crippen molar-refractivity contribution in [2.75, 3.05) is 30.9 Å². The lowest BCUT2D eigenvalue weighted by molar-refractivity contribution is 0.803. The lowest BCUT2D eigenvalue weighted by atomic mass is 10.2. The summed E-state index contributed by atoms with van der Waals surface area (Å²) in [5.41, 5.74) is 1.12. The van der Waals surface area contributed by atoms with E-state index in [4.69, 9.17) is 4.98 Å². The number of rotatable bonds is 7. The molecule has 0 radical (unpaired) electrons. The number of thiophene rings is 1. The molecule has 0 spiro atoms. The minimum absolute atomic E-state index is 0.917. The molecule has 0 amide bonds. The van der Waals surface area contributed by atoms with Crippen molar-refractivity contribution < 1.29 is 0 Å². The van der Waals surface area contributed by atoms with Gasteiger partial charge in [0.2, 0.25) is 0 Å². The van der Waals surface area contributed by atoms with Crippen LogP contribution in [-0.2, 0) is 12.8 Å². The topological polar surface area (TPSA) is 41.1 Å². The molecule has 21 heavy (non-hydrogen) atoms.